The molecule has 5 nitrogen and oxygen atoms in total. The van der Waals surface area contributed by atoms with E-state index in [1.54, 1.807) is 11.3 Å². The summed E-state index contributed by atoms with van der Waals surface area (Å²) in [5, 5.41) is 16.1. The fraction of sp³-hybridized carbons (Fsp3) is 0. The van der Waals surface area contributed by atoms with Crippen LogP contribution in [-0.2, 0) is 0 Å². The second-order valence-corrected chi connectivity index (χ2v) is 18.5. The van der Waals surface area contributed by atoms with Crippen LogP contribution in [0.2, 0.25) is 0 Å². The van der Waals surface area contributed by atoms with Gasteiger partial charge in [0.1, 0.15) is 11.2 Å². The van der Waals surface area contributed by atoms with Crippen LogP contribution >= 0.6 is 11.3 Å². The monoisotopic (exact) mass is 870 g/mol. The molecule has 0 saturated carbocycles. The molecule has 15 aromatic rings. The highest BCUT2D eigenvalue weighted by Gasteiger charge is 2.25. The minimum atomic E-state index is 0.546. The van der Waals surface area contributed by atoms with Crippen molar-refractivity contribution in [2.75, 3.05) is 0 Å². The van der Waals surface area contributed by atoms with Crippen LogP contribution in [0, 0.1) is 0 Å². The summed E-state index contributed by atoms with van der Waals surface area (Å²) in [6.45, 7) is 0. The molecule has 0 aliphatic carbocycles. The van der Waals surface area contributed by atoms with E-state index in [9.17, 15) is 0 Å². The molecule has 15 rings (SSSR count). The lowest BCUT2D eigenvalue weighted by atomic mass is 10.0. The Morgan fingerprint density at radius 3 is 1.81 bits per heavy atom. The largest absolute Gasteiger partial charge is 0.455 e. The van der Waals surface area contributed by atoms with Crippen molar-refractivity contribution >= 4 is 118 Å². The van der Waals surface area contributed by atoms with E-state index in [1.165, 1.54) is 47.8 Å². The molecule has 6 heteroatoms. The maximum absolute atomic E-state index is 7.32. The average Bonchev–Trinajstić information content (AvgIpc) is 4.08. The number of aromatic nitrogens is 4. The van der Waals surface area contributed by atoms with Gasteiger partial charge in [-0.15, -0.1) is 11.3 Å². The summed E-state index contributed by atoms with van der Waals surface area (Å²) in [6.07, 6.45) is 0. The maximum atomic E-state index is 7.32. The Balaban J connectivity index is 1.07. The predicted molar refractivity (Wildman–Crippen MR) is 281 cm³/mol. The SMILES string of the molecule is c1ccc2cc(-c3nc(-c4ccc(-n5c6cc7ccccc7cc6c6ccc7ccccc7c65)c5c4oc4c6ccccc6ccc45)nc(-c4cccc5c4sc4ccccc45)n3)ccc2c1. The summed E-state index contributed by atoms with van der Waals surface area (Å²) in [7, 11) is 0. The molecule has 0 spiro atoms. The van der Waals surface area contributed by atoms with Gasteiger partial charge in [0.2, 0.25) is 0 Å². The highest BCUT2D eigenvalue weighted by atomic mass is 32.1. The molecule has 0 atom stereocenters. The molecule has 0 fully saturated rings. The fourth-order valence-electron chi connectivity index (χ4n) is 10.7. The maximum Gasteiger partial charge on any atom is 0.167 e. The van der Waals surface area contributed by atoms with Gasteiger partial charge in [0, 0.05) is 58.2 Å². The van der Waals surface area contributed by atoms with Crippen LogP contribution in [0.3, 0.4) is 0 Å². The minimum absolute atomic E-state index is 0.546. The lowest BCUT2D eigenvalue weighted by Gasteiger charge is -2.14. The molecule has 4 aromatic heterocycles. The third-order valence-corrected chi connectivity index (χ3v) is 15.0. The molecule has 4 heterocycles. The first-order valence-electron chi connectivity index (χ1n) is 22.6. The molecular formula is C61H34N4OS. The number of fused-ring (bicyclic) bond motifs is 15. The molecule has 0 aliphatic rings. The van der Waals surface area contributed by atoms with Crippen LogP contribution in [0.1, 0.15) is 0 Å². The molecule has 0 unspecified atom stereocenters. The van der Waals surface area contributed by atoms with Crippen molar-refractivity contribution in [3.8, 4) is 39.9 Å². The van der Waals surface area contributed by atoms with Gasteiger partial charge in [0.05, 0.1) is 27.7 Å². The molecule has 310 valence electrons. The number of benzene rings is 11. The zero-order chi connectivity index (χ0) is 43.7. The fourth-order valence-corrected chi connectivity index (χ4v) is 11.9. The number of furan rings is 1. The Bertz CT molecular complexity index is 4600. The van der Waals surface area contributed by atoms with Crippen molar-refractivity contribution in [3.05, 3.63) is 206 Å². The second kappa shape index (κ2) is 13.9. The van der Waals surface area contributed by atoms with Gasteiger partial charge in [0.25, 0.3) is 0 Å². The molecular weight excluding hydrogens is 837 g/mol. The van der Waals surface area contributed by atoms with E-state index in [0.29, 0.717) is 17.5 Å². The Hall–Kier alpha value is -8.71. The van der Waals surface area contributed by atoms with E-state index in [1.807, 2.05) is 0 Å². The van der Waals surface area contributed by atoms with Crippen LogP contribution < -0.4 is 0 Å². The Labute approximate surface area is 386 Å². The molecule has 0 amide bonds. The molecule has 0 bridgehead atoms. The summed E-state index contributed by atoms with van der Waals surface area (Å²) in [5.41, 5.74) is 7.55. The van der Waals surface area contributed by atoms with Crippen molar-refractivity contribution in [1.82, 2.24) is 19.5 Å². The van der Waals surface area contributed by atoms with Gasteiger partial charge in [-0.05, 0) is 80.8 Å². The van der Waals surface area contributed by atoms with Crippen molar-refractivity contribution in [2.24, 2.45) is 0 Å². The summed E-state index contributed by atoms with van der Waals surface area (Å²) >= 11 is 1.78. The molecule has 0 N–H and O–H groups in total. The van der Waals surface area contributed by atoms with Gasteiger partial charge in [-0.3, -0.25) is 0 Å². The predicted octanol–water partition coefficient (Wildman–Crippen LogP) is 16.8. The van der Waals surface area contributed by atoms with E-state index in [2.05, 4.69) is 211 Å². The Morgan fingerprint density at radius 1 is 0.373 bits per heavy atom. The first-order chi connectivity index (χ1) is 33.2. The molecule has 0 saturated heterocycles. The van der Waals surface area contributed by atoms with Crippen molar-refractivity contribution in [1.29, 1.82) is 0 Å². The number of rotatable bonds is 4. The lowest BCUT2D eigenvalue weighted by molar-refractivity contribution is 0.673. The van der Waals surface area contributed by atoms with E-state index in [0.717, 1.165) is 81.6 Å². The van der Waals surface area contributed by atoms with Crippen LogP contribution in [-0.4, -0.2) is 19.5 Å². The van der Waals surface area contributed by atoms with Gasteiger partial charge in [-0.1, -0.05) is 158 Å². The molecule has 67 heavy (non-hydrogen) atoms. The smallest absolute Gasteiger partial charge is 0.167 e. The summed E-state index contributed by atoms with van der Waals surface area (Å²) in [4.78, 5) is 16.2. The zero-order valence-corrected chi connectivity index (χ0v) is 36.6. The molecule has 0 aliphatic heterocycles. The number of hydrogen-bond acceptors (Lipinski definition) is 5. The topological polar surface area (TPSA) is 56.7 Å². The molecule has 0 radical (unpaired) electrons. The minimum Gasteiger partial charge on any atom is -0.455 e. The van der Waals surface area contributed by atoms with Crippen molar-refractivity contribution < 1.29 is 4.42 Å². The average molecular weight is 871 g/mol. The van der Waals surface area contributed by atoms with Gasteiger partial charge < -0.3 is 8.98 Å². The Morgan fingerprint density at radius 2 is 0.985 bits per heavy atom. The summed E-state index contributed by atoms with van der Waals surface area (Å²) in [6, 6.07) is 73.8. The zero-order valence-electron chi connectivity index (χ0n) is 35.7. The standard InChI is InChI=1S/C61H34N4OS/c1-2-15-38-32-41(25-24-35(38)12-1)59-62-60(64-61(63-59)49-22-11-21-46-44-20-9-10-23-53(44)67-58(46)49)48-30-31-51(54-47-29-27-37-14-6-8-19-43(37)56(47)66-57(48)54)65-52-34-40-17-4-3-16-39(40)33-50(52)45-28-26-36-13-5-7-18-42(36)55(45)65/h1-34H. The third kappa shape index (κ3) is 5.39. The quantitative estimate of drug-likeness (QED) is 0.177. The number of thiophene rings is 1. The summed E-state index contributed by atoms with van der Waals surface area (Å²) in [5.74, 6) is 1.76. The second-order valence-electron chi connectivity index (χ2n) is 17.5. The first-order valence-corrected chi connectivity index (χ1v) is 23.4. The first kappa shape index (κ1) is 36.6. The van der Waals surface area contributed by atoms with E-state index in [4.69, 9.17) is 19.4 Å². The van der Waals surface area contributed by atoms with Gasteiger partial charge in [0.15, 0.2) is 17.5 Å². The summed E-state index contributed by atoms with van der Waals surface area (Å²) < 4.78 is 12.2. The van der Waals surface area contributed by atoms with Gasteiger partial charge in [-0.25, -0.2) is 15.0 Å². The van der Waals surface area contributed by atoms with Crippen molar-refractivity contribution in [2.45, 2.75) is 0 Å². The lowest BCUT2D eigenvalue weighted by Crippen LogP contribution is -2.01. The van der Waals surface area contributed by atoms with Crippen LogP contribution in [0.5, 0.6) is 0 Å². The van der Waals surface area contributed by atoms with E-state index < -0.39 is 0 Å². The van der Waals surface area contributed by atoms with Crippen LogP contribution in [0.4, 0.5) is 0 Å². The highest BCUT2D eigenvalue weighted by molar-refractivity contribution is 7.26. The van der Waals surface area contributed by atoms with E-state index in [-0.39, 0.29) is 0 Å². The van der Waals surface area contributed by atoms with Crippen LogP contribution in [0.25, 0.3) is 147 Å². The van der Waals surface area contributed by atoms with Gasteiger partial charge in [-0.2, -0.15) is 0 Å². The van der Waals surface area contributed by atoms with Gasteiger partial charge >= 0.3 is 0 Å². The van der Waals surface area contributed by atoms with Crippen molar-refractivity contribution in [3.63, 3.8) is 0 Å². The van der Waals surface area contributed by atoms with E-state index >= 15 is 0 Å². The molecule has 11 aromatic carbocycles. The normalized spacial score (nSPS) is 12.2. The highest BCUT2D eigenvalue weighted by Crippen LogP contribution is 2.46. The third-order valence-electron chi connectivity index (χ3n) is 13.8. The number of nitrogens with zero attached hydrogens (tertiary/aromatic N) is 4. The Kier molecular flexibility index (Phi) is 7.59. The number of hydrogen-bond donors (Lipinski definition) is 0. The van der Waals surface area contributed by atoms with Crippen LogP contribution in [0.15, 0.2) is 211 Å².